The molecule has 0 saturated heterocycles. The molecule has 6 heteroatoms. The van der Waals surface area contributed by atoms with Gasteiger partial charge in [0, 0.05) is 16.2 Å². The van der Waals surface area contributed by atoms with Crippen molar-refractivity contribution in [3.63, 3.8) is 0 Å². The summed E-state index contributed by atoms with van der Waals surface area (Å²) in [6, 6.07) is 5.28. The summed E-state index contributed by atoms with van der Waals surface area (Å²) in [4.78, 5) is 2.92. The quantitative estimate of drug-likeness (QED) is 0.843. The highest BCUT2D eigenvalue weighted by Gasteiger charge is 2.15. The van der Waals surface area contributed by atoms with Gasteiger partial charge in [-0.05, 0) is 36.8 Å². The predicted octanol–water partition coefficient (Wildman–Crippen LogP) is 3.95. The number of nitrogens with zero attached hydrogens (tertiary/aromatic N) is 1. The normalized spacial score (nSPS) is 12.7. The molecule has 18 heavy (non-hydrogen) atoms. The first-order chi connectivity index (χ1) is 8.54. The number of nitrogens with one attached hydrogen (secondary N) is 1. The number of aromatic nitrogens is 2. The molecular formula is C12H12Cl2N2OS. The van der Waals surface area contributed by atoms with E-state index >= 15 is 0 Å². The maximum atomic E-state index is 9.30. The smallest absolute Gasteiger partial charge is 0.177 e. The van der Waals surface area contributed by atoms with E-state index in [4.69, 9.17) is 35.4 Å². The zero-order valence-electron chi connectivity index (χ0n) is 9.65. The van der Waals surface area contributed by atoms with E-state index in [1.807, 2.05) is 17.6 Å². The molecule has 0 saturated carbocycles. The summed E-state index contributed by atoms with van der Waals surface area (Å²) in [7, 11) is 0. The molecule has 3 nitrogen and oxygen atoms in total. The number of aliphatic hydroxyl groups is 1. The molecule has 0 amide bonds. The Kier molecular flexibility index (Phi) is 4.12. The zero-order valence-corrected chi connectivity index (χ0v) is 12.0. The zero-order chi connectivity index (χ0) is 13.3. The average Bonchev–Trinajstić information content (AvgIpc) is 2.69. The molecule has 0 aliphatic carbocycles. The molecule has 96 valence electrons. The van der Waals surface area contributed by atoms with Crippen molar-refractivity contribution < 1.29 is 5.11 Å². The first kappa shape index (κ1) is 13.6. The summed E-state index contributed by atoms with van der Waals surface area (Å²) in [5.41, 5.74) is 1.63. The van der Waals surface area contributed by atoms with Crippen molar-refractivity contribution in [2.24, 2.45) is 0 Å². The van der Waals surface area contributed by atoms with Crippen LogP contribution in [0.2, 0.25) is 10.0 Å². The number of H-pyrrole nitrogens is 1. The summed E-state index contributed by atoms with van der Waals surface area (Å²) in [6.45, 7) is 1.89. The van der Waals surface area contributed by atoms with Crippen LogP contribution >= 0.6 is 35.4 Å². The monoisotopic (exact) mass is 302 g/mol. The van der Waals surface area contributed by atoms with E-state index in [9.17, 15) is 5.11 Å². The fraction of sp³-hybridized carbons (Fsp3) is 0.250. The Hall–Kier alpha value is -0.810. The SMILES string of the molecule is CC(c1ccc(Cl)cc1Cl)n1c(CO)c[nH]c1=S. The highest BCUT2D eigenvalue weighted by Crippen LogP contribution is 2.29. The molecule has 2 N–H and O–H groups in total. The predicted molar refractivity (Wildman–Crippen MR) is 75.8 cm³/mol. The van der Waals surface area contributed by atoms with Crippen LogP contribution in [0.25, 0.3) is 0 Å². The van der Waals surface area contributed by atoms with Gasteiger partial charge in [0.2, 0.25) is 0 Å². The van der Waals surface area contributed by atoms with E-state index in [0.29, 0.717) is 14.8 Å². The summed E-state index contributed by atoms with van der Waals surface area (Å²) < 4.78 is 2.39. The third-order valence-corrected chi connectivity index (χ3v) is 3.73. The molecule has 0 aliphatic heterocycles. The summed E-state index contributed by atoms with van der Waals surface area (Å²) in [5.74, 6) is 0. The van der Waals surface area contributed by atoms with Gasteiger partial charge in [0.1, 0.15) is 0 Å². The van der Waals surface area contributed by atoms with Gasteiger partial charge in [0.05, 0.1) is 18.3 Å². The lowest BCUT2D eigenvalue weighted by atomic mass is 10.1. The van der Waals surface area contributed by atoms with Crippen LogP contribution in [-0.2, 0) is 6.61 Å². The third kappa shape index (κ3) is 2.47. The second-order valence-corrected chi connectivity index (χ2v) is 5.19. The van der Waals surface area contributed by atoms with Crippen molar-refractivity contribution in [2.75, 3.05) is 0 Å². The van der Waals surface area contributed by atoms with Gasteiger partial charge in [-0.2, -0.15) is 0 Å². The third-order valence-electron chi connectivity index (χ3n) is 2.85. The molecule has 2 rings (SSSR count). The molecule has 1 aromatic carbocycles. The van der Waals surface area contributed by atoms with E-state index < -0.39 is 0 Å². The highest BCUT2D eigenvalue weighted by atomic mass is 35.5. The van der Waals surface area contributed by atoms with Crippen LogP contribution in [0.15, 0.2) is 24.4 Å². The van der Waals surface area contributed by atoms with Gasteiger partial charge in [-0.25, -0.2) is 0 Å². The van der Waals surface area contributed by atoms with Crippen LogP contribution in [0.3, 0.4) is 0 Å². The summed E-state index contributed by atoms with van der Waals surface area (Å²) >= 11 is 17.3. The number of hydrogen-bond acceptors (Lipinski definition) is 2. The van der Waals surface area contributed by atoms with E-state index in [1.165, 1.54) is 0 Å². The Morgan fingerprint density at radius 1 is 1.44 bits per heavy atom. The van der Waals surface area contributed by atoms with Gasteiger partial charge < -0.3 is 14.7 Å². The maximum absolute atomic E-state index is 9.30. The fourth-order valence-corrected chi connectivity index (χ4v) is 2.84. The standard InChI is InChI=1S/C12H12Cl2N2OS/c1-7(10-3-2-8(13)4-11(10)14)16-9(6-17)5-15-12(16)18/h2-5,7,17H,6H2,1H3,(H,15,18). The number of aromatic amines is 1. The lowest BCUT2D eigenvalue weighted by molar-refractivity contribution is 0.269. The molecule has 0 bridgehead atoms. The van der Waals surface area contributed by atoms with E-state index in [0.717, 1.165) is 11.3 Å². The average molecular weight is 303 g/mol. The molecular weight excluding hydrogens is 291 g/mol. The second-order valence-electron chi connectivity index (χ2n) is 3.96. The fourth-order valence-electron chi connectivity index (χ4n) is 1.94. The van der Waals surface area contributed by atoms with E-state index in [-0.39, 0.29) is 12.6 Å². The lowest BCUT2D eigenvalue weighted by Crippen LogP contribution is -2.11. The molecule has 2 aromatic rings. The Bertz CT molecular complexity index is 621. The topological polar surface area (TPSA) is 41.0 Å². The molecule has 1 aromatic heterocycles. The number of rotatable bonds is 3. The van der Waals surface area contributed by atoms with Crippen molar-refractivity contribution in [2.45, 2.75) is 19.6 Å². The summed E-state index contributed by atoms with van der Waals surface area (Å²) in [5, 5.41) is 10.5. The van der Waals surface area contributed by atoms with Crippen LogP contribution in [0.5, 0.6) is 0 Å². The van der Waals surface area contributed by atoms with Crippen LogP contribution in [0.1, 0.15) is 24.2 Å². The number of benzene rings is 1. The Morgan fingerprint density at radius 2 is 2.17 bits per heavy atom. The van der Waals surface area contributed by atoms with Gasteiger partial charge in [0.15, 0.2) is 4.77 Å². The minimum Gasteiger partial charge on any atom is -0.390 e. The molecule has 1 heterocycles. The van der Waals surface area contributed by atoms with Gasteiger partial charge in [-0.15, -0.1) is 0 Å². The lowest BCUT2D eigenvalue weighted by Gasteiger charge is -2.18. The molecule has 1 unspecified atom stereocenters. The van der Waals surface area contributed by atoms with Gasteiger partial charge in [-0.3, -0.25) is 0 Å². The van der Waals surface area contributed by atoms with Crippen molar-refractivity contribution in [1.82, 2.24) is 9.55 Å². The van der Waals surface area contributed by atoms with Gasteiger partial charge in [-0.1, -0.05) is 29.3 Å². The first-order valence-electron chi connectivity index (χ1n) is 5.39. The highest BCUT2D eigenvalue weighted by molar-refractivity contribution is 7.71. The maximum Gasteiger partial charge on any atom is 0.177 e. The first-order valence-corrected chi connectivity index (χ1v) is 6.55. The van der Waals surface area contributed by atoms with Gasteiger partial charge >= 0.3 is 0 Å². The molecule has 0 radical (unpaired) electrons. The van der Waals surface area contributed by atoms with Gasteiger partial charge in [0.25, 0.3) is 0 Å². The molecule has 0 fully saturated rings. The largest absolute Gasteiger partial charge is 0.390 e. The minimum atomic E-state index is -0.0807. The number of hydrogen-bond donors (Lipinski definition) is 2. The van der Waals surface area contributed by atoms with Crippen LogP contribution in [0.4, 0.5) is 0 Å². The minimum absolute atomic E-state index is 0.0735. The Balaban J connectivity index is 2.50. The van der Waals surface area contributed by atoms with Crippen molar-refractivity contribution in [3.8, 4) is 0 Å². The van der Waals surface area contributed by atoms with Crippen LogP contribution in [0, 0.1) is 4.77 Å². The molecule has 0 aliphatic rings. The Labute approximate surface area is 120 Å². The number of imidazole rings is 1. The van der Waals surface area contributed by atoms with Crippen molar-refractivity contribution >= 4 is 35.4 Å². The number of aliphatic hydroxyl groups excluding tert-OH is 1. The van der Waals surface area contributed by atoms with Crippen LogP contribution in [-0.4, -0.2) is 14.7 Å². The second kappa shape index (κ2) is 5.45. The summed E-state index contributed by atoms with van der Waals surface area (Å²) in [6.07, 6.45) is 1.70. The van der Waals surface area contributed by atoms with Crippen LogP contribution < -0.4 is 0 Å². The van der Waals surface area contributed by atoms with E-state index in [1.54, 1.807) is 18.3 Å². The van der Waals surface area contributed by atoms with Crippen molar-refractivity contribution in [1.29, 1.82) is 0 Å². The van der Waals surface area contributed by atoms with Crippen molar-refractivity contribution in [3.05, 3.63) is 50.5 Å². The van der Waals surface area contributed by atoms with E-state index in [2.05, 4.69) is 4.98 Å². The molecule has 0 spiro atoms. The number of halogens is 2. The molecule has 1 atom stereocenters. The Morgan fingerprint density at radius 3 is 2.78 bits per heavy atom.